The zero-order chi connectivity index (χ0) is 21.1. The van der Waals surface area contributed by atoms with Crippen molar-refractivity contribution in [3.05, 3.63) is 65.9 Å². The van der Waals surface area contributed by atoms with E-state index in [1.165, 1.54) is 4.31 Å². The van der Waals surface area contributed by atoms with E-state index in [0.29, 0.717) is 37.4 Å². The fourth-order valence-corrected chi connectivity index (χ4v) is 5.11. The number of rotatable bonds is 6. The van der Waals surface area contributed by atoms with Crippen LogP contribution in [0.3, 0.4) is 0 Å². The average molecular weight is 429 g/mol. The maximum absolute atomic E-state index is 12.8. The minimum absolute atomic E-state index is 0.00304. The van der Waals surface area contributed by atoms with Gasteiger partial charge in [0.2, 0.25) is 10.0 Å². The number of benzene rings is 2. The van der Waals surface area contributed by atoms with Gasteiger partial charge in [-0.1, -0.05) is 30.3 Å². The van der Waals surface area contributed by atoms with Gasteiger partial charge in [-0.3, -0.25) is 0 Å². The number of hydrogen-bond acceptors (Lipinski definition) is 5. The smallest absolute Gasteiger partial charge is 0.340 e. The maximum Gasteiger partial charge on any atom is 0.340 e. The van der Waals surface area contributed by atoms with Crippen LogP contribution in [-0.2, 0) is 32.6 Å². The first-order valence-electron chi connectivity index (χ1n) is 9.92. The highest BCUT2D eigenvalue weighted by molar-refractivity contribution is 7.89. The Bertz CT molecular complexity index is 1160. The van der Waals surface area contributed by atoms with Crippen molar-refractivity contribution in [1.29, 1.82) is 0 Å². The van der Waals surface area contributed by atoms with Gasteiger partial charge in [-0.05, 0) is 30.7 Å². The second kappa shape index (κ2) is 8.59. The summed E-state index contributed by atoms with van der Waals surface area (Å²) < 4.78 is 39.9. The van der Waals surface area contributed by atoms with E-state index in [-0.39, 0.29) is 11.5 Å². The van der Waals surface area contributed by atoms with E-state index in [2.05, 4.69) is 0 Å². The third kappa shape index (κ3) is 3.98. The Morgan fingerprint density at radius 2 is 1.87 bits per heavy atom. The lowest BCUT2D eigenvalue weighted by Gasteiger charge is -2.26. The monoisotopic (exact) mass is 428 g/mol. The Morgan fingerprint density at radius 3 is 2.63 bits per heavy atom. The number of carbonyl (C=O) groups is 1. The molecule has 0 radical (unpaired) electrons. The van der Waals surface area contributed by atoms with Crippen LogP contribution in [0.4, 0.5) is 0 Å². The lowest BCUT2D eigenvalue weighted by Crippen LogP contribution is -2.40. The number of aromatic nitrogens is 1. The zero-order valence-electron chi connectivity index (χ0n) is 16.8. The molecule has 1 aliphatic rings. The summed E-state index contributed by atoms with van der Waals surface area (Å²) in [6.07, 6.45) is 1.80. The van der Waals surface area contributed by atoms with Crippen LogP contribution in [0.1, 0.15) is 22.8 Å². The van der Waals surface area contributed by atoms with E-state index in [9.17, 15) is 13.2 Å². The largest absolute Gasteiger partial charge is 0.457 e. The molecule has 0 bridgehead atoms. The quantitative estimate of drug-likeness (QED) is 0.564. The standard InChI is InChI=1S/C22H24N2O5S/c1-2-23-15-20(19-8-3-4-9-21(19)23)22(25)29-16-17-6-5-7-18(14-17)30(26,27)24-10-12-28-13-11-24/h3-9,14-15H,2,10-13,16H2,1H3. The number of carbonyl (C=O) groups excluding carboxylic acids is 1. The van der Waals surface area contributed by atoms with Crippen molar-refractivity contribution in [3.63, 3.8) is 0 Å². The molecule has 0 unspecified atom stereocenters. The fourth-order valence-electron chi connectivity index (χ4n) is 3.63. The van der Waals surface area contributed by atoms with E-state index in [4.69, 9.17) is 9.47 Å². The Kier molecular flexibility index (Phi) is 5.90. The van der Waals surface area contributed by atoms with Gasteiger partial charge in [-0.2, -0.15) is 4.31 Å². The van der Waals surface area contributed by atoms with Crippen LogP contribution < -0.4 is 0 Å². The molecular formula is C22H24N2O5S. The fraction of sp³-hybridized carbons (Fsp3) is 0.318. The first-order chi connectivity index (χ1) is 14.5. The molecule has 0 amide bonds. The number of para-hydroxylation sites is 1. The highest BCUT2D eigenvalue weighted by Gasteiger charge is 2.26. The summed E-state index contributed by atoms with van der Waals surface area (Å²) >= 11 is 0. The van der Waals surface area contributed by atoms with Crippen LogP contribution in [0.15, 0.2) is 59.6 Å². The molecule has 0 atom stereocenters. The first kappa shape index (κ1) is 20.6. The Morgan fingerprint density at radius 1 is 1.10 bits per heavy atom. The van der Waals surface area contributed by atoms with Gasteiger partial charge in [0.25, 0.3) is 0 Å². The molecule has 7 nitrogen and oxygen atoms in total. The summed E-state index contributed by atoms with van der Waals surface area (Å²) in [4.78, 5) is 12.9. The SMILES string of the molecule is CCn1cc(C(=O)OCc2cccc(S(=O)(=O)N3CCOCC3)c2)c2ccccc21. The molecule has 0 spiro atoms. The number of ether oxygens (including phenoxy) is 2. The second-order valence-corrected chi connectivity index (χ2v) is 9.02. The zero-order valence-corrected chi connectivity index (χ0v) is 17.6. The molecular weight excluding hydrogens is 404 g/mol. The van der Waals surface area contributed by atoms with Crippen LogP contribution in [0.5, 0.6) is 0 Å². The maximum atomic E-state index is 12.8. The summed E-state index contributed by atoms with van der Waals surface area (Å²) in [5.41, 5.74) is 2.10. The van der Waals surface area contributed by atoms with Crippen LogP contribution in [-0.4, -0.2) is 49.6 Å². The van der Waals surface area contributed by atoms with Gasteiger partial charge in [0.15, 0.2) is 0 Å². The van der Waals surface area contributed by atoms with Gasteiger partial charge < -0.3 is 14.0 Å². The molecule has 2 aromatic carbocycles. The highest BCUT2D eigenvalue weighted by atomic mass is 32.2. The van der Waals surface area contributed by atoms with Gasteiger partial charge in [0.1, 0.15) is 6.61 Å². The summed E-state index contributed by atoms with van der Waals surface area (Å²) in [5, 5.41) is 0.841. The van der Waals surface area contributed by atoms with Crippen molar-refractivity contribution in [2.45, 2.75) is 25.0 Å². The minimum atomic E-state index is -3.59. The molecule has 4 rings (SSSR count). The molecule has 2 heterocycles. The molecule has 0 N–H and O–H groups in total. The van der Waals surface area contributed by atoms with Gasteiger partial charge in [-0.15, -0.1) is 0 Å². The molecule has 1 aliphatic heterocycles. The van der Waals surface area contributed by atoms with Crippen molar-refractivity contribution in [2.75, 3.05) is 26.3 Å². The number of sulfonamides is 1. The number of fused-ring (bicyclic) bond motifs is 1. The van der Waals surface area contributed by atoms with Crippen molar-refractivity contribution in [1.82, 2.24) is 8.87 Å². The average Bonchev–Trinajstić information content (AvgIpc) is 3.17. The molecule has 8 heteroatoms. The normalized spacial score (nSPS) is 15.4. The molecule has 3 aromatic rings. The van der Waals surface area contributed by atoms with Gasteiger partial charge in [0.05, 0.1) is 23.7 Å². The van der Waals surface area contributed by atoms with E-state index in [0.717, 1.165) is 17.4 Å². The summed E-state index contributed by atoms with van der Waals surface area (Å²) in [7, 11) is -3.59. The number of hydrogen-bond donors (Lipinski definition) is 0. The third-order valence-electron chi connectivity index (χ3n) is 5.23. The van der Waals surface area contributed by atoms with Crippen LogP contribution >= 0.6 is 0 Å². The molecule has 0 aliphatic carbocycles. The van der Waals surface area contributed by atoms with E-state index in [1.807, 2.05) is 35.8 Å². The number of nitrogens with zero attached hydrogens (tertiary/aromatic N) is 2. The van der Waals surface area contributed by atoms with E-state index >= 15 is 0 Å². The van der Waals surface area contributed by atoms with E-state index in [1.54, 1.807) is 30.5 Å². The third-order valence-corrected chi connectivity index (χ3v) is 7.12. The van der Waals surface area contributed by atoms with Crippen molar-refractivity contribution in [3.8, 4) is 0 Å². The molecule has 1 saturated heterocycles. The Balaban J connectivity index is 1.51. The Hall–Kier alpha value is -2.68. The minimum Gasteiger partial charge on any atom is -0.457 e. The van der Waals surface area contributed by atoms with Crippen LogP contribution in [0.2, 0.25) is 0 Å². The van der Waals surface area contributed by atoms with Gasteiger partial charge in [0, 0.05) is 36.7 Å². The summed E-state index contributed by atoms with van der Waals surface area (Å²) in [6.45, 7) is 4.21. The van der Waals surface area contributed by atoms with Crippen molar-refractivity contribution in [2.24, 2.45) is 0 Å². The molecule has 1 aromatic heterocycles. The predicted molar refractivity (Wildman–Crippen MR) is 113 cm³/mol. The predicted octanol–water partition coefficient (Wildman–Crippen LogP) is 3.04. The molecule has 158 valence electrons. The molecule has 30 heavy (non-hydrogen) atoms. The van der Waals surface area contributed by atoms with Gasteiger partial charge in [-0.25, -0.2) is 13.2 Å². The summed E-state index contributed by atoms with van der Waals surface area (Å²) in [5.74, 6) is -0.431. The lowest BCUT2D eigenvalue weighted by molar-refractivity contribution is 0.0474. The van der Waals surface area contributed by atoms with Crippen molar-refractivity contribution < 1.29 is 22.7 Å². The molecule has 0 saturated carbocycles. The number of esters is 1. The second-order valence-electron chi connectivity index (χ2n) is 7.09. The number of aryl methyl sites for hydroxylation is 1. The van der Waals surface area contributed by atoms with Crippen LogP contribution in [0.25, 0.3) is 10.9 Å². The lowest BCUT2D eigenvalue weighted by atomic mass is 10.2. The van der Waals surface area contributed by atoms with Crippen molar-refractivity contribution >= 4 is 26.9 Å². The molecule has 1 fully saturated rings. The number of morpholine rings is 1. The Labute approximate surface area is 175 Å². The topological polar surface area (TPSA) is 77.8 Å². The highest BCUT2D eigenvalue weighted by Crippen LogP contribution is 2.23. The first-order valence-corrected chi connectivity index (χ1v) is 11.4. The van der Waals surface area contributed by atoms with E-state index < -0.39 is 16.0 Å². The van der Waals surface area contributed by atoms with Gasteiger partial charge >= 0.3 is 5.97 Å². The van der Waals surface area contributed by atoms with Crippen LogP contribution in [0, 0.1) is 0 Å². The summed E-state index contributed by atoms with van der Waals surface area (Å²) in [6, 6.07) is 14.2.